The van der Waals surface area contributed by atoms with Crippen LogP contribution in [0.25, 0.3) is 132 Å². The molecule has 0 saturated carbocycles. The van der Waals surface area contributed by atoms with Crippen LogP contribution in [0.5, 0.6) is 0 Å². The normalized spacial score (nSPS) is 11.9. The number of oxazole rings is 1. The Kier molecular flexibility index (Phi) is 8.02. The number of para-hydroxylation sites is 3. The van der Waals surface area contributed by atoms with Gasteiger partial charge >= 0.3 is 0 Å². The number of fused-ring (bicyclic) bond motifs is 11. The summed E-state index contributed by atoms with van der Waals surface area (Å²) in [5.74, 6) is 2.06. The van der Waals surface area contributed by atoms with E-state index < -0.39 is 0 Å². The molecule has 14 aromatic rings. The van der Waals surface area contributed by atoms with Crippen molar-refractivity contribution in [2.24, 2.45) is 0 Å². The van der Waals surface area contributed by atoms with Gasteiger partial charge in [-0.3, -0.25) is 4.57 Å². The Labute approximate surface area is 381 Å². The lowest BCUT2D eigenvalue weighted by Crippen LogP contribution is -2.07. The van der Waals surface area contributed by atoms with E-state index in [0.717, 1.165) is 77.2 Å². The molecule has 7 nitrogen and oxygen atoms in total. The van der Waals surface area contributed by atoms with Crippen molar-refractivity contribution < 1.29 is 4.42 Å². The van der Waals surface area contributed by atoms with Gasteiger partial charge in [0.1, 0.15) is 5.52 Å². The summed E-state index contributed by atoms with van der Waals surface area (Å²) in [4.78, 5) is 21.0. The maximum absolute atomic E-state index is 6.61. The number of rotatable bonds is 6. The summed E-state index contributed by atoms with van der Waals surface area (Å²) in [6.07, 6.45) is 0. The topological polar surface area (TPSA) is 74.6 Å². The molecular weight excluding hydrogens is 829 g/mol. The van der Waals surface area contributed by atoms with E-state index in [0.29, 0.717) is 29.1 Å². The van der Waals surface area contributed by atoms with E-state index in [-0.39, 0.29) is 0 Å². The number of benzene rings is 9. The zero-order valence-electron chi connectivity index (χ0n) is 35.1. The van der Waals surface area contributed by atoms with E-state index in [1.54, 1.807) is 0 Å². The van der Waals surface area contributed by atoms with Gasteiger partial charge in [0.05, 0.1) is 27.6 Å². The van der Waals surface area contributed by atoms with E-state index in [9.17, 15) is 0 Å². The van der Waals surface area contributed by atoms with Crippen molar-refractivity contribution in [3.8, 4) is 57.0 Å². The molecule has 66 heavy (non-hydrogen) atoms. The molecule has 0 amide bonds. The van der Waals surface area contributed by atoms with Crippen LogP contribution in [0.2, 0.25) is 0 Å². The minimum absolute atomic E-state index is 0.484. The molecule has 14 rings (SSSR count). The summed E-state index contributed by atoms with van der Waals surface area (Å²) in [7, 11) is 0. The quantitative estimate of drug-likeness (QED) is 0.166. The Morgan fingerprint density at radius 2 is 0.955 bits per heavy atom. The van der Waals surface area contributed by atoms with Gasteiger partial charge in [0.15, 0.2) is 17.2 Å². The lowest BCUT2D eigenvalue weighted by molar-refractivity contribution is 0.620. The fraction of sp³-hybridized carbons (Fsp3) is 0. The van der Waals surface area contributed by atoms with Gasteiger partial charge in [-0.25, -0.2) is 9.97 Å². The molecule has 5 aromatic heterocycles. The van der Waals surface area contributed by atoms with Crippen molar-refractivity contribution in [3.63, 3.8) is 0 Å². The summed E-state index contributed by atoms with van der Waals surface area (Å²) in [5, 5.41) is 7.06. The van der Waals surface area contributed by atoms with Gasteiger partial charge in [-0.2, -0.15) is 9.97 Å². The van der Waals surface area contributed by atoms with Crippen molar-refractivity contribution in [1.29, 1.82) is 0 Å². The Morgan fingerprint density at radius 3 is 1.71 bits per heavy atom. The molecule has 0 unspecified atom stereocenters. The lowest BCUT2D eigenvalue weighted by atomic mass is 10.0. The fourth-order valence-corrected chi connectivity index (χ4v) is 11.0. The first kappa shape index (κ1) is 36.7. The van der Waals surface area contributed by atoms with E-state index >= 15 is 0 Å². The van der Waals surface area contributed by atoms with Gasteiger partial charge in [0.2, 0.25) is 11.8 Å². The van der Waals surface area contributed by atoms with Crippen LogP contribution in [0, 0.1) is 0 Å². The molecule has 9 aromatic carbocycles. The van der Waals surface area contributed by atoms with E-state index in [4.69, 9.17) is 24.4 Å². The highest BCUT2D eigenvalue weighted by Crippen LogP contribution is 2.43. The van der Waals surface area contributed by atoms with Crippen LogP contribution in [0.4, 0.5) is 0 Å². The van der Waals surface area contributed by atoms with Crippen molar-refractivity contribution in [2.45, 2.75) is 0 Å². The summed E-state index contributed by atoms with van der Waals surface area (Å²) in [6.45, 7) is 0. The van der Waals surface area contributed by atoms with E-state index in [2.05, 4.69) is 161 Å². The number of nitrogens with zero attached hydrogens (tertiary/aromatic N) is 6. The maximum atomic E-state index is 6.61. The molecule has 0 radical (unpaired) electrons. The monoisotopic (exact) mass is 862 g/mol. The molecule has 0 aliphatic rings. The minimum atomic E-state index is 0.484. The minimum Gasteiger partial charge on any atom is -0.435 e. The largest absolute Gasteiger partial charge is 0.435 e. The summed E-state index contributed by atoms with van der Waals surface area (Å²) < 4.78 is 13.8. The average Bonchev–Trinajstić information content (AvgIpc) is 4.16. The Balaban J connectivity index is 1.07. The third-order valence-corrected chi connectivity index (χ3v) is 14.0. The molecule has 0 aliphatic carbocycles. The van der Waals surface area contributed by atoms with Gasteiger partial charge in [0, 0.05) is 58.5 Å². The smallest absolute Gasteiger partial charge is 0.238 e. The predicted octanol–water partition coefficient (Wildman–Crippen LogP) is 15.2. The highest BCUT2D eigenvalue weighted by molar-refractivity contribution is 7.25. The summed E-state index contributed by atoms with van der Waals surface area (Å²) >= 11 is 1.83. The second kappa shape index (κ2) is 14.4. The first-order chi connectivity index (χ1) is 32.7. The molecule has 0 saturated heterocycles. The van der Waals surface area contributed by atoms with Gasteiger partial charge in [-0.15, -0.1) is 11.3 Å². The van der Waals surface area contributed by atoms with Crippen molar-refractivity contribution in [1.82, 2.24) is 29.1 Å². The fourth-order valence-electron chi connectivity index (χ4n) is 9.82. The Morgan fingerprint density at radius 1 is 0.379 bits per heavy atom. The van der Waals surface area contributed by atoms with Crippen LogP contribution in [0.3, 0.4) is 0 Å². The average molecular weight is 863 g/mol. The van der Waals surface area contributed by atoms with Crippen LogP contribution >= 0.6 is 11.3 Å². The first-order valence-electron chi connectivity index (χ1n) is 22.0. The highest BCUT2D eigenvalue weighted by atomic mass is 32.1. The molecular formula is C58H34N6OS. The molecule has 0 atom stereocenters. The molecule has 5 heterocycles. The molecule has 0 bridgehead atoms. The van der Waals surface area contributed by atoms with Crippen LogP contribution in [-0.4, -0.2) is 29.1 Å². The second-order valence-corrected chi connectivity index (χ2v) is 17.7. The SMILES string of the molecule is c1ccc(-c2ccc(-c3nc(-c4cccc5nc(-c6ccccc6)oc45)nc(-n4c5ccccc5c5ccc6c7ccccc7n(-c7ccc8c(c7)sc7ccccc78)c6c54)n3)cc2)cc1. The second-order valence-electron chi connectivity index (χ2n) is 16.6. The van der Waals surface area contributed by atoms with Crippen molar-refractivity contribution in [2.75, 3.05) is 0 Å². The molecule has 308 valence electrons. The van der Waals surface area contributed by atoms with E-state index in [1.807, 2.05) is 65.9 Å². The number of thiophene rings is 1. The third-order valence-electron chi connectivity index (χ3n) is 12.8. The van der Waals surface area contributed by atoms with Crippen LogP contribution in [-0.2, 0) is 0 Å². The standard InChI is InChI=1S/C58H34N6OS/c1-3-14-35(15-4-1)36-26-28-37(29-27-36)55-60-56(46-21-13-22-47-54(46)65-57(59-47)38-16-5-2-6-17-38)62-58(61-55)64-49-24-11-8-19-41(49)45-33-32-44-40-18-7-10-23-48(40)63(52(44)53(45)64)39-30-31-43-42-20-9-12-25-50(42)66-51(43)34-39/h1-34H. The van der Waals surface area contributed by atoms with E-state index in [1.165, 1.54) is 25.6 Å². The Hall–Kier alpha value is -8.72. The molecule has 0 N–H and O–H groups in total. The number of hydrogen-bond acceptors (Lipinski definition) is 6. The van der Waals surface area contributed by atoms with Gasteiger partial charge in [0.25, 0.3) is 0 Å². The van der Waals surface area contributed by atoms with Crippen LogP contribution < -0.4 is 0 Å². The zero-order valence-corrected chi connectivity index (χ0v) is 35.9. The number of aromatic nitrogens is 6. The molecule has 0 fully saturated rings. The third kappa shape index (κ3) is 5.62. The molecule has 0 spiro atoms. The first-order valence-corrected chi connectivity index (χ1v) is 22.8. The van der Waals surface area contributed by atoms with Crippen LogP contribution in [0.15, 0.2) is 211 Å². The lowest BCUT2D eigenvalue weighted by Gasteiger charge is -2.13. The predicted molar refractivity (Wildman–Crippen MR) is 271 cm³/mol. The van der Waals surface area contributed by atoms with Gasteiger partial charge < -0.3 is 8.98 Å². The van der Waals surface area contributed by atoms with Gasteiger partial charge in [-0.05, 0) is 65.7 Å². The summed E-state index contributed by atoms with van der Waals surface area (Å²) in [6, 6.07) is 72.2. The molecule has 0 aliphatic heterocycles. The highest BCUT2D eigenvalue weighted by Gasteiger charge is 2.25. The van der Waals surface area contributed by atoms with Gasteiger partial charge in [-0.1, -0.05) is 152 Å². The van der Waals surface area contributed by atoms with Crippen molar-refractivity contribution in [3.05, 3.63) is 206 Å². The molecule has 8 heteroatoms. The maximum Gasteiger partial charge on any atom is 0.238 e. The van der Waals surface area contributed by atoms with Crippen LogP contribution in [0.1, 0.15) is 0 Å². The Bertz CT molecular complexity index is 4220. The number of hydrogen-bond donors (Lipinski definition) is 0. The zero-order chi connectivity index (χ0) is 43.3. The summed E-state index contributed by atoms with van der Waals surface area (Å²) in [5.41, 5.74) is 11.4. The van der Waals surface area contributed by atoms with Crippen molar-refractivity contribution >= 4 is 86.2 Å².